The van der Waals surface area contributed by atoms with Crippen molar-refractivity contribution < 1.29 is 5.11 Å². The van der Waals surface area contributed by atoms with Gasteiger partial charge in [-0.1, -0.05) is 19.8 Å². The molecule has 0 aliphatic carbocycles. The number of nitrogen functional groups attached to an aromatic ring is 1. The van der Waals surface area contributed by atoms with Gasteiger partial charge in [0.2, 0.25) is 11.9 Å². The van der Waals surface area contributed by atoms with Crippen molar-refractivity contribution in [3.8, 4) is 11.3 Å². The van der Waals surface area contributed by atoms with Crippen LogP contribution >= 0.6 is 0 Å². The predicted molar refractivity (Wildman–Crippen MR) is 140 cm³/mol. The summed E-state index contributed by atoms with van der Waals surface area (Å²) in [6, 6.07) is 2.43. The third kappa shape index (κ3) is 5.76. The van der Waals surface area contributed by atoms with Crippen LogP contribution in [0.25, 0.3) is 22.2 Å². The first kappa shape index (κ1) is 25.0. The molecule has 0 saturated carbocycles. The zero-order valence-corrected chi connectivity index (χ0v) is 21.2. The Hall–Kier alpha value is -3.11. The molecule has 10 nitrogen and oxygen atoms in total. The Bertz CT molecular complexity index is 1130. The van der Waals surface area contributed by atoms with E-state index in [1.165, 1.54) is 0 Å². The van der Waals surface area contributed by atoms with Gasteiger partial charge in [0.15, 0.2) is 0 Å². The highest BCUT2D eigenvalue weighted by Gasteiger charge is 2.25. The van der Waals surface area contributed by atoms with E-state index in [-0.39, 0.29) is 12.6 Å². The van der Waals surface area contributed by atoms with Gasteiger partial charge in [-0.2, -0.15) is 4.98 Å². The highest BCUT2D eigenvalue weighted by molar-refractivity contribution is 5.91. The molecule has 1 aliphatic heterocycles. The molecule has 0 bridgehead atoms. The van der Waals surface area contributed by atoms with Gasteiger partial charge in [0.05, 0.1) is 28.7 Å². The molecule has 0 spiro atoms. The number of fused-ring (bicyclic) bond motifs is 1. The Morgan fingerprint density at radius 2 is 1.80 bits per heavy atom. The maximum Gasteiger partial charge on any atom is 0.225 e. The number of pyridine rings is 1. The predicted octanol–water partition coefficient (Wildman–Crippen LogP) is 2.95. The number of aliphatic hydroxyl groups is 1. The van der Waals surface area contributed by atoms with Crippen LogP contribution in [0.1, 0.15) is 47.0 Å². The average Bonchev–Trinajstić information content (AvgIpc) is 2.87. The van der Waals surface area contributed by atoms with Gasteiger partial charge in [-0.3, -0.25) is 9.88 Å². The molecule has 35 heavy (non-hydrogen) atoms. The Morgan fingerprint density at radius 3 is 2.43 bits per heavy atom. The van der Waals surface area contributed by atoms with E-state index in [9.17, 15) is 5.11 Å². The van der Waals surface area contributed by atoms with Crippen LogP contribution in [0.15, 0.2) is 24.7 Å². The molecule has 188 valence electrons. The number of rotatable bonds is 9. The first-order valence-corrected chi connectivity index (χ1v) is 12.5. The molecular formula is C25H37N9O. The van der Waals surface area contributed by atoms with Crippen LogP contribution < -0.4 is 16.0 Å². The van der Waals surface area contributed by atoms with Gasteiger partial charge in [-0.25, -0.2) is 15.0 Å². The van der Waals surface area contributed by atoms with E-state index >= 15 is 0 Å². The summed E-state index contributed by atoms with van der Waals surface area (Å²) in [6.07, 6.45) is 8.21. The topological polar surface area (TPSA) is 129 Å². The molecule has 4 heterocycles. The van der Waals surface area contributed by atoms with Crippen molar-refractivity contribution in [2.24, 2.45) is 0 Å². The van der Waals surface area contributed by atoms with Crippen molar-refractivity contribution >= 4 is 28.6 Å². The van der Waals surface area contributed by atoms with Crippen LogP contribution in [0.5, 0.6) is 0 Å². The highest BCUT2D eigenvalue weighted by atomic mass is 16.3. The molecule has 1 aliphatic rings. The minimum atomic E-state index is -0.507. The minimum Gasteiger partial charge on any atom is -0.394 e. The zero-order chi connectivity index (χ0) is 25.0. The maximum atomic E-state index is 9.99. The molecule has 3 aromatic rings. The number of unbranched alkanes of at least 4 members (excludes halogenated alkanes) is 1. The van der Waals surface area contributed by atoms with Crippen LogP contribution in [0, 0.1) is 0 Å². The summed E-state index contributed by atoms with van der Waals surface area (Å²) in [5.74, 6) is 1.48. The van der Waals surface area contributed by atoms with Gasteiger partial charge in [0.1, 0.15) is 5.82 Å². The van der Waals surface area contributed by atoms with Gasteiger partial charge in [-0.15, -0.1) is 0 Å². The second-order valence-corrected chi connectivity index (χ2v) is 9.85. The van der Waals surface area contributed by atoms with Crippen LogP contribution in [-0.2, 0) is 0 Å². The fraction of sp³-hybridized carbons (Fsp3) is 0.560. The lowest BCUT2D eigenvalue weighted by atomic mass is 9.95. The Morgan fingerprint density at radius 1 is 1.09 bits per heavy atom. The molecule has 1 saturated heterocycles. The molecule has 1 atom stereocenters. The number of aromatic nitrogens is 5. The monoisotopic (exact) mass is 479 g/mol. The van der Waals surface area contributed by atoms with Crippen molar-refractivity contribution in [2.75, 3.05) is 48.7 Å². The smallest absolute Gasteiger partial charge is 0.225 e. The summed E-state index contributed by atoms with van der Waals surface area (Å²) >= 11 is 0. The second-order valence-electron chi connectivity index (χ2n) is 9.85. The second kappa shape index (κ2) is 10.7. The molecular weight excluding hydrogens is 442 g/mol. The molecule has 3 aromatic heterocycles. The minimum absolute atomic E-state index is 0.0138. The van der Waals surface area contributed by atoms with Crippen molar-refractivity contribution in [1.29, 1.82) is 0 Å². The summed E-state index contributed by atoms with van der Waals surface area (Å²) in [7, 11) is 0. The molecule has 0 unspecified atom stereocenters. The van der Waals surface area contributed by atoms with Crippen molar-refractivity contribution in [3.63, 3.8) is 0 Å². The highest BCUT2D eigenvalue weighted by Crippen LogP contribution is 2.28. The lowest BCUT2D eigenvalue weighted by Gasteiger charge is -2.36. The Labute approximate surface area is 207 Å². The van der Waals surface area contributed by atoms with E-state index in [0.717, 1.165) is 62.3 Å². The van der Waals surface area contributed by atoms with E-state index in [4.69, 9.17) is 5.73 Å². The van der Waals surface area contributed by atoms with E-state index in [2.05, 4.69) is 60.8 Å². The molecule has 0 amide bonds. The van der Waals surface area contributed by atoms with E-state index < -0.39 is 5.54 Å². The summed E-state index contributed by atoms with van der Waals surface area (Å²) in [5.41, 5.74) is 7.72. The normalized spacial score (nSPS) is 16.6. The number of nitrogens with one attached hydrogen (secondary N) is 1. The van der Waals surface area contributed by atoms with Gasteiger partial charge >= 0.3 is 0 Å². The first-order chi connectivity index (χ1) is 16.8. The summed E-state index contributed by atoms with van der Waals surface area (Å²) in [5, 5.41) is 14.1. The number of nitrogens with zero attached hydrogens (tertiary/aromatic N) is 7. The zero-order valence-electron chi connectivity index (χ0n) is 21.2. The van der Waals surface area contributed by atoms with Gasteiger partial charge in [0, 0.05) is 56.4 Å². The van der Waals surface area contributed by atoms with Crippen LogP contribution in [0.3, 0.4) is 0 Å². The number of nitrogens with two attached hydrogens (primary N) is 1. The summed E-state index contributed by atoms with van der Waals surface area (Å²) < 4.78 is 0. The fourth-order valence-corrected chi connectivity index (χ4v) is 4.39. The van der Waals surface area contributed by atoms with E-state index in [1.54, 1.807) is 6.20 Å². The number of piperazine rings is 1. The van der Waals surface area contributed by atoms with Crippen LogP contribution in [0.4, 0.5) is 17.7 Å². The molecule has 4 N–H and O–H groups in total. The third-order valence-electron chi connectivity index (χ3n) is 6.71. The third-order valence-corrected chi connectivity index (χ3v) is 6.71. The van der Waals surface area contributed by atoms with Gasteiger partial charge in [0.25, 0.3) is 0 Å². The van der Waals surface area contributed by atoms with Crippen molar-refractivity contribution in [2.45, 2.75) is 58.5 Å². The Kier molecular flexibility index (Phi) is 7.61. The first-order valence-electron chi connectivity index (χ1n) is 12.5. The summed E-state index contributed by atoms with van der Waals surface area (Å²) in [6.45, 7) is 12.4. The maximum absolute atomic E-state index is 9.99. The van der Waals surface area contributed by atoms with Crippen molar-refractivity contribution in [1.82, 2.24) is 29.8 Å². The Balaban J connectivity index is 1.55. The molecule has 0 radical (unpaired) electrons. The lowest BCUT2D eigenvalue weighted by molar-refractivity contribution is 0.208. The van der Waals surface area contributed by atoms with E-state index in [0.29, 0.717) is 23.1 Å². The standard InChI is InChI=1S/C25H37N9O/c1-5-6-7-25(4,16-35)32-22-19-15-27-20(12-21(19)30-23(26)31-22)18-13-28-24(29-14-18)34-10-8-33(9-11-34)17(2)3/h12-15,17,35H,5-11,16H2,1-4H3,(H3,26,30,31,32)/t25-/m1/s1. The molecule has 10 heteroatoms. The number of aliphatic hydroxyl groups excluding tert-OH is 1. The average molecular weight is 480 g/mol. The SMILES string of the molecule is CCCC[C@](C)(CO)Nc1nc(N)nc2cc(-c3cnc(N4CCN(C(C)C)CC4)nc3)ncc12. The quantitative estimate of drug-likeness (QED) is 0.421. The van der Waals surface area contributed by atoms with Crippen LogP contribution in [-0.4, -0.2) is 79.3 Å². The number of hydrogen-bond acceptors (Lipinski definition) is 10. The largest absolute Gasteiger partial charge is 0.394 e. The molecule has 1 fully saturated rings. The lowest BCUT2D eigenvalue weighted by Crippen LogP contribution is -2.49. The van der Waals surface area contributed by atoms with Crippen LogP contribution in [0.2, 0.25) is 0 Å². The molecule has 0 aromatic carbocycles. The van der Waals surface area contributed by atoms with E-state index in [1.807, 2.05) is 25.4 Å². The molecule has 4 rings (SSSR count). The van der Waals surface area contributed by atoms with Crippen molar-refractivity contribution in [3.05, 3.63) is 24.7 Å². The fourth-order valence-electron chi connectivity index (χ4n) is 4.39. The summed E-state index contributed by atoms with van der Waals surface area (Å²) in [4.78, 5) is 27.4. The van der Waals surface area contributed by atoms with Gasteiger partial charge < -0.3 is 21.1 Å². The van der Waals surface area contributed by atoms with Gasteiger partial charge in [-0.05, 0) is 33.3 Å². The number of anilines is 3. The number of hydrogen-bond donors (Lipinski definition) is 3.